The van der Waals surface area contributed by atoms with Crippen LogP contribution in [-0.4, -0.2) is 6.26 Å². The van der Waals surface area contributed by atoms with Crippen LogP contribution < -0.4 is 0 Å². The van der Waals surface area contributed by atoms with Crippen LogP contribution in [0.15, 0.2) is 29.2 Å². The first-order valence-electron chi connectivity index (χ1n) is 3.79. The van der Waals surface area contributed by atoms with E-state index in [0.717, 1.165) is 12.8 Å². The summed E-state index contributed by atoms with van der Waals surface area (Å²) < 4.78 is 0. The molecule has 0 aliphatic heterocycles. The molecule has 0 saturated carbocycles. The minimum atomic E-state index is 0.985. The highest BCUT2D eigenvalue weighted by molar-refractivity contribution is 7.98. The maximum atomic E-state index is 3.82. The molecular formula is C10H13S. The number of hydrogen-bond donors (Lipinski definition) is 0. The van der Waals surface area contributed by atoms with Crippen molar-refractivity contribution in [3.63, 3.8) is 0 Å². The van der Waals surface area contributed by atoms with Crippen LogP contribution in [0.3, 0.4) is 0 Å². The van der Waals surface area contributed by atoms with E-state index in [9.17, 15) is 0 Å². The Hall–Kier alpha value is -0.430. The van der Waals surface area contributed by atoms with E-state index in [4.69, 9.17) is 0 Å². The van der Waals surface area contributed by atoms with Gasteiger partial charge in [0.05, 0.1) is 0 Å². The smallest absolute Gasteiger partial charge is 0.00693 e. The van der Waals surface area contributed by atoms with Gasteiger partial charge in [-0.25, -0.2) is 0 Å². The monoisotopic (exact) mass is 165 g/mol. The van der Waals surface area contributed by atoms with Crippen molar-refractivity contribution in [2.24, 2.45) is 0 Å². The maximum absolute atomic E-state index is 3.82. The van der Waals surface area contributed by atoms with Crippen molar-refractivity contribution in [1.29, 1.82) is 0 Å². The van der Waals surface area contributed by atoms with Crippen LogP contribution in [0.1, 0.15) is 12.0 Å². The van der Waals surface area contributed by atoms with Crippen molar-refractivity contribution in [3.8, 4) is 0 Å². The molecule has 0 aliphatic carbocycles. The maximum Gasteiger partial charge on any atom is 0.00693 e. The number of aryl methyl sites for hydroxylation is 1. The lowest BCUT2D eigenvalue weighted by atomic mass is 10.1. The average Bonchev–Trinajstić information content (AvgIpc) is 2.07. The molecule has 0 aliphatic rings. The van der Waals surface area contributed by atoms with E-state index in [0.29, 0.717) is 0 Å². The fourth-order valence-corrected chi connectivity index (χ4v) is 1.40. The molecule has 1 radical (unpaired) electrons. The number of rotatable bonds is 3. The lowest BCUT2D eigenvalue weighted by Crippen LogP contribution is -1.81. The number of benzene rings is 1. The molecule has 0 N–H and O–H groups in total. The first-order chi connectivity index (χ1) is 5.36. The summed E-state index contributed by atoms with van der Waals surface area (Å²) in [6.45, 7) is 3.82. The van der Waals surface area contributed by atoms with Crippen LogP contribution in [0, 0.1) is 6.92 Å². The minimum Gasteiger partial charge on any atom is -0.130 e. The molecule has 59 valence electrons. The Kier molecular flexibility index (Phi) is 3.50. The minimum absolute atomic E-state index is 0.985. The van der Waals surface area contributed by atoms with Crippen LogP contribution in [0.2, 0.25) is 0 Å². The Morgan fingerprint density at radius 3 is 2.36 bits per heavy atom. The van der Waals surface area contributed by atoms with Crippen LogP contribution >= 0.6 is 11.8 Å². The summed E-state index contributed by atoms with van der Waals surface area (Å²) in [5.41, 5.74) is 1.39. The van der Waals surface area contributed by atoms with E-state index in [1.54, 1.807) is 11.8 Å². The molecule has 1 rings (SSSR count). The second-order valence-electron chi connectivity index (χ2n) is 2.45. The molecule has 0 fully saturated rings. The molecule has 0 nitrogen and oxygen atoms in total. The zero-order valence-corrected chi connectivity index (χ0v) is 7.66. The summed E-state index contributed by atoms with van der Waals surface area (Å²) in [5.74, 6) is 0. The van der Waals surface area contributed by atoms with E-state index < -0.39 is 0 Å². The lowest BCUT2D eigenvalue weighted by Gasteiger charge is -1.99. The third-order valence-electron chi connectivity index (χ3n) is 1.62. The van der Waals surface area contributed by atoms with Crippen LogP contribution in [0.5, 0.6) is 0 Å². The lowest BCUT2D eigenvalue weighted by molar-refractivity contribution is 0.996. The number of thioether (sulfide) groups is 1. The summed E-state index contributed by atoms with van der Waals surface area (Å²) in [5, 5.41) is 0. The first kappa shape index (κ1) is 8.66. The Morgan fingerprint density at radius 2 is 1.91 bits per heavy atom. The van der Waals surface area contributed by atoms with Gasteiger partial charge in [-0.15, -0.1) is 11.8 Å². The molecule has 0 bridgehead atoms. The van der Waals surface area contributed by atoms with E-state index in [-0.39, 0.29) is 0 Å². The second-order valence-corrected chi connectivity index (χ2v) is 3.33. The summed E-state index contributed by atoms with van der Waals surface area (Å²) in [4.78, 5) is 1.33. The third-order valence-corrected chi connectivity index (χ3v) is 2.37. The highest BCUT2D eigenvalue weighted by Crippen LogP contribution is 2.15. The predicted molar refractivity (Wildman–Crippen MR) is 51.9 cm³/mol. The zero-order chi connectivity index (χ0) is 8.10. The highest BCUT2D eigenvalue weighted by atomic mass is 32.2. The SMILES string of the molecule is [CH2]CCc1ccc(SC)cc1. The molecule has 0 amide bonds. The van der Waals surface area contributed by atoms with Crippen molar-refractivity contribution in [1.82, 2.24) is 0 Å². The third kappa shape index (κ3) is 2.58. The largest absolute Gasteiger partial charge is 0.130 e. The molecule has 1 aromatic carbocycles. The summed E-state index contributed by atoms with van der Waals surface area (Å²) in [6.07, 6.45) is 4.17. The van der Waals surface area contributed by atoms with E-state index >= 15 is 0 Å². The standard InChI is InChI=1S/C10H13S/c1-3-4-9-5-7-10(11-2)8-6-9/h5-8H,1,3-4H2,2H3. The van der Waals surface area contributed by atoms with Gasteiger partial charge in [-0.3, -0.25) is 0 Å². The Bertz CT molecular complexity index is 201. The van der Waals surface area contributed by atoms with Crippen molar-refractivity contribution in [2.45, 2.75) is 17.7 Å². The van der Waals surface area contributed by atoms with Crippen LogP contribution in [0.4, 0.5) is 0 Å². The normalized spacial score (nSPS) is 10.0. The molecule has 0 saturated heterocycles. The number of hydrogen-bond acceptors (Lipinski definition) is 1. The summed E-state index contributed by atoms with van der Waals surface area (Å²) in [7, 11) is 0. The molecule has 0 atom stereocenters. The van der Waals surface area contributed by atoms with Crippen LogP contribution in [-0.2, 0) is 6.42 Å². The van der Waals surface area contributed by atoms with E-state index in [1.807, 2.05) is 0 Å². The van der Waals surface area contributed by atoms with Crippen LogP contribution in [0.25, 0.3) is 0 Å². The second kappa shape index (κ2) is 4.45. The van der Waals surface area contributed by atoms with Gasteiger partial charge in [-0.2, -0.15) is 0 Å². The molecule has 1 aromatic rings. The van der Waals surface area contributed by atoms with Crippen molar-refractivity contribution in [2.75, 3.05) is 6.26 Å². The van der Waals surface area contributed by atoms with Crippen molar-refractivity contribution in [3.05, 3.63) is 36.8 Å². The van der Waals surface area contributed by atoms with Gasteiger partial charge < -0.3 is 0 Å². The molecule has 1 heteroatoms. The molecule has 0 unspecified atom stereocenters. The topological polar surface area (TPSA) is 0 Å². The summed E-state index contributed by atoms with van der Waals surface area (Å²) >= 11 is 1.78. The molecular weight excluding hydrogens is 152 g/mol. The fraction of sp³-hybridized carbons (Fsp3) is 0.300. The fourth-order valence-electron chi connectivity index (χ4n) is 0.996. The van der Waals surface area contributed by atoms with Gasteiger partial charge in [-0.1, -0.05) is 19.1 Å². The Balaban J connectivity index is 2.66. The molecule has 0 heterocycles. The van der Waals surface area contributed by atoms with Gasteiger partial charge >= 0.3 is 0 Å². The van der Waals surface area contributed by atoms with Crippen molar-refractivity contribution >= 4 is 11.8 Å². The van der Waals surface area contributed by atoms with Gasteiger partial charge in [0.1, 0.15) is 0 Å². The molecule has 11 heavy (non-hydrogen) atoms. The van der Waals surface area contributed by atoms with Crippen molar-refractivity contribution < 1.29 is 0 Å². The average molecular weight is 165 g/mol. The molecule has 0 aromatic heterocycles. The Morgan fingerprint density at radius 1 is 1.27 bits per heavy atom. The van der Waals surface area contributed by atoms with E-state index in [2.05, 4.69) is 37.4 Å². The predicted octanol–water partition coefficient (Wildman–Crippen LogP) is 3.18. The highest BCUT2D eigenvalue weighted by Gasteiger charge is 1.90. The van der Waals surface area contributed by atoms with Gasteiger partial charge in [0.2, 0.25) is 0 Å². The Labute approximate surface area is 73.0 Å². The van der Waals surface area contributed by atoms with E-state index in [1.165, 1.54) is 10.5 Å². The quantitative estimate of drug-likeness (QED) is 0.620. The van der Waals surface area contributed by atoms with Gasteiger partial charge in [0, 0.05) is 4.90 Å². The molecule has 0 spiro atoms. The zero-order valence-electron chi connectivity index (χ0n) is 6.84. The summed E-state index contributed by atoms with van der Waals surface area (Å²) in [6, 6.07) is 8.68. The van der Waals surface area contributed by atoms with Gasteiger partial charge in [0.15, 0.2) is 0 Å². The van der Waals surface area contributed by atoms with Gasteiger partial charge in [-0.05, 0) is 36.8 Å². The first-order valence-corrected chi connectivity index (χ1v) is 5.01. The van der Waals surface area contributed by atoms with Gasteiger partial charge in [0.25, 0.3) is 0 Å².